The van der Waals surface area contributed by atoms with Crippen molar-refractivity contribution < 1.29 is 4.21 Å². The van der Waals surface area contributed by atoms with Crippen molar-refractivity contribution in [3.05, 3.63) is 73.8 Å². The van der Waals surface area contributed by atoms with Crippen LogP contribution in [0.3, 0.4) is 0 Å². The van der Waals surface area contributed by atoms with Gasteiger partial charge in [0, 0.05) is 5.56 Å². The molecule has 0 aliphatic carbocycles. The van der Waals surface area contributed by atoms with Crippen LogP contribution >= 0.6 is 46.4 Å². The molecule has 3 aromatic rings. The smallest absolute Gasteiger partial charge is 0.0973 e. The molecule has 1 atom stereocenters. The summed E-state index contributed by atoms with van der Waals surface area (Å²) in [5.74, 6) is 0. The van der Waals surface area contributed by atoms with E-state index in [0.29, 0.717) is 33.2 Å². The van der Waals surface area contributed by atoms with Gasteiger partial charge in [-0.2, -0.15) is 5.10 Å². The molecule has 1 N–H and O–H groups in total. The number of benzene rings is 2. The average Bonchev–Trinajstić information content (AvgIpc) is 3.07. The lowest BCUT2D eigenvalue weighted by Crippen LogP contribution is -2.33. The average molecular weight is 505 g/mol. The molecular weight excluding hydrogens is 484 g/mol. The molecule has 0 bridgehead atoms. The lowest BCUT2D eigenvalue weighted by Gasteiger charge is -2.17. The van der Waals surface area contributed by atoms with E-state index in [1.54, 1.807) is 18.2 Å². The minimum atomic E-state index is -1.20. The Morgan fingerprint density at radius 3 is 2.17 bits per heavy atom. The van der Waals surface area contributed by atoms with Gasteiger partial charge < -0.3 is 0 Å². The SMILES string of the molecule is CC(C)(C)S(=O)NCc1cc(-c2ccc(Cl)c(Cl)c2)n(Cc2ccc(Cl)c(Cl)c2)n1. The minimum absolute atomic E-state index is 0.366. The Morgan fingerprint density at radius 2 is 1.57 bits per heavy atom. The van der Waals surface area contributed by atoms with E-state index in [2.05, 4.69) is 4.72 Å². The van der Waals surface area contributed by atoms with Gasteiger partial charge in [0.2, 0.25) is 0 Å². The zero-order chi connectivity index (χ0) is 22.1. The zero-order valence-electron chi connectivity index (χ0n) is 16.7. The van der Waals surface area contributed by atoms with Crippen LogP contribution in [0, 0.1) is 0 Å². The van der Waals surface area contributed by atoms with Crippen molar-refractivity contribution in [2.75, 3.05) is 0 Å². The first-order valence-corrected chi connectivity index (χ1v) is 11.8. The van der Waals surface area contributed by atoms with Gasteiger partial charge in [-0.05, 0) is 56.7 Å². The highest BCUT2D eigenvalue weighted by atomic mass is 35.5. The fourth-order valence-electron chi connectivity index (χ4n) is 2.73. The summed E-state index contributed by atoms with van der Waals surface area (Å²) >= 11 is 24.5. The molecule has 1 heterocycles. The quantitative estimate of drug-likeness (QED) is 0.402. The lowest BCUT2D eigenvalue weighted by atomic mass is 10.1. The summed E-state index contributed by atoms with van der Waals surface area (Å²) in [6.07, 6.45) is 0. The topological polar surface area (TPSA) is 46.9 Å². The van der Waals surface area contributed by atoms with E-state index in [1.165, 1.54) is 0 Å². The van der Waals surface area contributed by atoms with Gasteiger partial charge in [0.25, 0.3) is 0 Å². The molecule has 0 aliphatic rings. The number of nitrogens with zero attached hydrogens (tertiary/aromatic N) is 2. The standard InChI is InChI=1S/C21H21Cl4N3OS/c1-21(2,3)30(29)26-11-15-10-20(14-5-7-17(23)19(25)9-14)28(27-15)12-13-4-6-16(22)18(24)8-13/h4-10,26H,11-12H2,1-3H3. The third kappa shape index (κ3) is 5.78. The van der Waals surface area contributed by atoms with E-state index in [1.807, 2.05) is 49.7 Å². The largest absolute Gasteiger partial charge is 0.260 e. The third-order valence-electron chi connectivity index (χ3n) is 4.30. The lowest BCUT2D eigenvalue weighted by molar-refractivity contribution is 0.629. The molecule has 160 valence electrons. The molecule has 0 spiro atoms. The molecule has 0 amide bonds. The number of hydrogen-bond acceptors (Lipinski definition) is 2. The van der Waals surface area contributed by atoms with Gasteiger partial charge >= 0.3 is 0 Å². The summed E-state index contributed by atoms with van der Waals surface area (Å²) < 4.78 is 16.9. The molecule has 2 aromatic carbocycles. The summed E-state index contributed by atoms with van der Waals surface area (Å²) in [6, 6.07) is 12.9. The van der Waals surface area contributed by atoms with Crippen molar-refractivity contribution in [1.82, 2.24) is 14.5 Å². The molecule has 1 unspecified atom stereocenters. The first-order valence-electron chi connectivity index (χ1n) is 9.16. The van der Waals surface area contributed by atoms with Crippen molar-refractivity contribution in [1.29, 1.82) is 0 Å². The normalized spacial score (nSPS) is 12.9. The summed E-state index contributed by atoms with van der Waals surface area (Å²) in [5.41, 5.74) is 3.44. The number of hydrogen-bond donors (Lipinski definition) is 1. The van der Waals surface area contributed by atoms with E-state index in [-0.39, 0.29) is 4.75 Å². The van der Waals surface area contributed by atoms with Crippen molar-refractivity contribution >= 4 is 57.4 Å². The Labute approximate surface area is 199 Å². The molecule has 0 radical (unpaired) electrons. The van der Waals surface area contributed by atoms with Crippen LogP contribution in [-0.2, 0) is 24.1 Å². The van der Waals surface area contributed by atoms with Gasteiger partial charge in [-0.1, -0.05) is 58.5 Å². The molecular formula is C21H21Cl4N3OS. The highest BCUT2D eigenvalue weighted by molar-refractivity contribution is 7.84. The number of rotatable bonds is 6. The number of nitrogens with one attached hydrogen (secondary N) is 1. The highest BCUT2D eigenvalue weighted by Crippen LogP contribution is 2.30. The van der Waals surface area contributed by atoms with Crippen LogP contribution in [0.15, 0.2) is 42.5 Å². The third-order valence-corrected chi connectivity index (χ3v) is 7.30. The Morgan fingerprint density at radius 1 is 0.933 bits per heavy atom. The molecule has 0 saturated carbocycles. The molecule has 3 rings (SSSR count). The summed E-state index contributed by atoms with van der Waals surface area (Å²) in [4.78, 5) is 0. The van der Waals surface area contributed by atoms with E-state index in [9.17, 15) is 4.21 Å². The molecule has 0 fully saturated rings. The number of aromatic nitrogens is 2. The second kappa shape index (κ2) is 9.60. The number of halogens is 4. The van der Waals surface area contributed by atoms with E-state index < -0.39 is 11.0 Å². The van der Waals surface area contributed by atoms with Crippen LogP contribution in [-0.4, -0.2) is 18.7 Å². The Bertz CT molecular complexity index is 1090. The van der Waals surface area contributed by atoms with Gasteiger partial charge in [0.15, 0.2) is 0 Å². The first-order chi connectivity index (χ1) is 14.0. The molecule has 0 aliphatic heterocycles. The second-order valence-corrected chi connectivity index (χ2v) is 11.4. The Hall–Kier alpha value is -1.08. The zero-order valence-corrected chi connectivity index (χ0v) is 20.5. The molecule has 4 nitrogen and oxygen atoms in total. The summed E-state index contributed by atoms with van der Waals surface area (Å²) in [6.45, 7) is 6.60. The fraction of sp³-hybridized carbons (Fsp3) is 0.286. The molecule has 9 heteroatoms. The maximum atomic E-state index is 12.3. The molecule has 30 heavy (non-hydrogen) atoms. The monoisotopic (exact) mass is 503 g/mol. The predicted molar refractivity (Wildman–Crippen MR) is 128 cm³/mol. The van der Waals surface area contributed by atoms with Crippen LogP contribution in [0.1, 0.15) is 32.0 Å². The summed E-state index contributed by atoms with van der Waals surface area (Å²) in [7, 11) is -1.20. The van der Waals surface area contributed by atoms with Gasteiger partial charge in [-0.3, -0.25) is 4.68 Å². The van der Waals surface area contributed by atoms with Gasteiger partial charge in [0.1, 0.15) is 0 Å². The molecule has 1 aromatic heterocycles. The van der Waals surface area contributed by atoms with Crippen molar-refractivity contribution in [3.63, 3.8) is 0 Å². The highest BCUT2D eigenvalue weighted by Gasteiger charge is 2.20. The fourth-order valence-corrected chi connectivity index (χ4v) is 4.06. The van der Waals surface area contributed by atoms with Gasteiger partial charge in [-0.25, -0.2) is 8.93 Å². The first kappa shape index (κ1) is 23.6. The van der Waals surface area contributed by atoms with Gasteiger partial charge in [0.05, 0.1) is 60.3 Å². The minimum Gasteiger partial charge on any atom is -0.260 e. The van der Waals surface area contributed by atoms with Crippen LogP contribution < -0.4 is 4.72 Å². The second-order valence-electron chi connectivity index (χ2n) is 7.76. The predicted octanol–water partition coefficient (Wildman–Crippen LogP) is 6.76. The maximum Gasteiger partial charge on any atom is 0.0973 e. The summed E-state index contributed by atoms with van der Waals surface area (Å²) in [5, 5.41) is 6.64. The van der Waals surface area contributed by atoms with Gasteiger partial charge in [-0.15, -0.1) is 0 Å². The Kier molecular flexibility index (Phi) is 7.54. The molecule has 0 saturated heterocycles. The van der Waals surface area contributed by atoms with Crippen LogP contribution in [0.4, 0.5) is 0 Å². The van der Waals surface area contributed by atoms with E-state index >= 15 is 0 Å². The maximum absolute atomic E-state index is 12.3. The van der Waals surface area contributed by atoms with Crippen LogP contribution in [0.2, 0.25) is 20.1 Å². The van der Waals surface area contributed by atoms with Crippen LogP contribution in [0.25, 0.3) is 11.3 Å². The van der Waals surface area contributed by atoms with E-state index in [4.69, 9.17) is 51.5 Å². The van der Waals surface area contributed by atoms with Crippen molar-refractivity contribution in [2.45, 2.75) is 38.6 Å². The van der Waals surface area contributed by atoms with E-state index in [0.717, 1.165) is 22.5 Å². The van der Waals surface area contributed by atoms with Crippen molar-refractivity contribution in [2.24, 2.45) is 0 Å². The van der Waals surface area contributed by atoms with Crippen molar-refractivity contribution in [3.8, 4) is 11.3 Å². The van der Waals surface area contributed by atoms with Crippen LogP contribution in [0.5, 0.6) is 0 Å². The Balaban J connectivity index is 1.95.